The van der Waals surface area contributed by atoms with Crippen LogP contribution < -0.4 is 0 Å². The van der Waals surface area contributed by atoms with E-state index in [1.165, 1.54) is 30.3 Å². The zero-order valence-corrected chi connectivity index (χ0v) is 12.4. The minimum Gasteiger partial charge on any atom is -0.0657 e. The number of rotatable bonds is 4. The van der Waals surface area contributed by atoms with Crippen LogP contribution in [0.5, 0.6) is 0 Å². The molecule has 2 rings (SSSR count). The molecule has 2 saturated carbocycles. The summed E-state index contributed by atoms with van der Waals surface area (Å²) in [6, 6.07) is 1.66. The highest BCUT2D eigenvalue weighted by Crippen LogP contribution is 2.43. The van der Waals surface area contributed by atoms with Crippen molar-refractivity contribution in [1.29, 1.82) is 0 Å². The van der Waals surface area contributed by atoms with Crippen molar-refractivity contribution < 1.29 is 0 Å². The molecule has 0 radical (unpaired) electrons. The maximum absolute atomic E-state index is 2.42. The fourth-order valence-corrected chi connectivity index (χ4v) is 9.35. The summed E-state index contributed by atoms with van der Waals surface area (Å²) in [5.74, 6) is 0. The summed E-state index contributed by atoms with van der Waals surface area (Å²) in [4.78, 5) is 0. The molecule has 0 bridgehead atoms. The van der Waals surface area contributed by atoms with Gasteiger partial charge in [-0.3, -0.25) is 0 Å². The molecule has 0 unspecified atom stereocenters. The molecule has 0 amide bonds. The van der Waals surface area contributed by atoms with Crippen LogP contribution in [0, 0.1) is 0 Å². The molecule has 16 heavy (non-hydrogen) atoms. The maximum atomic E-state index is 2.42. The second kappa shape index (κ2) is 6.83. The molecule has 0 aliphatic heterocycles. The summed E-state index contributed by atoms with van der Waals surface area (Å²) < 4.78 is 0. The Labute approximate surface area is 104 Å². The molecule has 0 atom stereocenters. The number of hydrogen-bond donors (Lipinski definition) is 0. The van der Waals surface area contributed by atoms with Crippen LogP contribution in [0.25, 0.3) is 0 Å². The molecule has 0 aromatic carbocycles. The van der Waals surface area contributed by atoms with Crippen LogP contribution in [0.15, 0.2) is 0 Å². The molecule has 2 aliphatic rings. The summed E-state index contributed by atoms with van der Waals surface area (Å²) in [5, 5.41) is 0. The first-order valence-electron chi connectivity index (χ1n) is 7.92. The first-order valence-corrected chi connectivity index (χ1v) is 10.1. The lowest BCUT2D eigenvalue weighted by molar-refractivity contribution is 0.459. The molecule has 94 valence electrons. The SMILES string of the molecule is CCC[SiH](C1CCCCC1)C1CCCCC1. The van der Waals surface area contributed by atoms with E-state index in [1.54, 1.807) is 57.4 Å². The molecule has 2 fully saturated rings. The van der Waals surface area contributed by atoms with Crippen LogP contribution in [-0.2, 0) is 0 Å². The van der Waals surface area contributed by atoms with Crippen molar-refractivity contribution in [3.8, 4) is 0 Å². The van der Waals surface area contributed by atoms with E-state index in [0.717, 1.165) is 0 Å². The van der Waals surface area contributed by atoms with E-state index in [4.69, 9.17) is 0 Å². The van der Waals surface area contributed by atoms with Crippen molar-refractivity contribution >= 4 is 8.80 Å². The molecule has 0 heterocycles. The fourth-order valence-electron chi connectivity index (χ4n) is 4.31. The van der Waals surface area contributed by atoms with Crippen molar-refractivity contribution in [1.82, 2.24) is 0 Å². The van der Waals surface area contributed by atoms with Gasteiger partial charge in [-0.25, -0.2) is 0 Å². The van der Waals surface area contributed by atoms with Gasteiger partial charge >= 0.3 is 0 Å². The fraction of sp³-hybridized carbons (Fsp3) is 1.00. The normalized spacial score (nSPS) is 25.1. The van der Waals surface area contributed by atoms with E-state index in [1.807, 2.05) is 0 Å². The Morgan fingerprint density at radius 1 is 0.750 bits per heavy atom. The summed E-state index contributed by atoms with van der Waals surface area (Å²) in [7, 11) is -0.397. The van der Waals surface area contributed by atoms with E-state index in [2.05, 4.69) is 6.92 Å². The van der Waals surface area contributed by atoms with Crippen molar-refractivity contribution in [3.05, 3.63) is 0 Å². The standard InChI is InChI=1S/C15H30Si/c1-2-13-16(14-9-5-3-6-10-14)15-11-7-4-8-12-15/h14-16H,2-13H2,1H3. The second-order valence-corrected chi connectivity index (χ2v) is 10.0. The third-order valence-electron chi connectivity index (χ3n) is 5.13. The molecule has 0 aromatic heterocycles. The average molecular weight is 238 g/mol. The van der Waals surface area contributed by atoms with Gasteiger partial charge in [0.2, 0.25) is 0 Å². The van der Waals surface area contributed by atoms with E-state index in [-0.39, 0.29) is 0 Å². The van der Waals surface area contributed by atoms with Crippen molar-refractivity contribution in [2.45, 2.75) is 94.7 Å². The molecule has 0 saturated heterocycles. The number of hydrogen-bond acceptors (Lipinski definition) is 0. The Balaban J connectivity index is 1.91. The Morgan fingerprint density at radius 3 is 1.56 bits per heavy atom. The van der Waals surface area contributed by atoms with E-state index < -0.39 is 8.80 Å². The Morgan fingerprint density at radius 2 is 1.19 bits per heavy atom. The van der Waals surface area contributed by atoms with Gasteiger partial charge in [-0.1, -0.05) is 83.6 Å². The zero-order valence-electron chi connectivity index (χ0n) is 11.2. The van der Waals surface area contributed by atoms with Gasteiger partial charge in [0.1, 0.15) is 0 Å². The highest BCUT2D eigenvalue weighted by atomic mass is 28.3. The van der Waals surface area contributed by atoms with Gasteiger partial charge in [-0.2, -0.15) is 0 Å². The Bertz CT molecular complexity index is 160. The van der Waals surface area contributed by atoms with Crippen molar-refractivity contribution in [2.24, 2.45) is 0 Å². The molecule has 2 aliphatic carbocycles. The van der Waals surface area contributed by atoms with E-state index in [9.17, 15) is 0 Å². The predicted octanol–water partition coefficient (Wildman–Crippen LogP) is 5.29. The third kappa shape index (κ3) is 3.35. The van der Waals surface area contributed by atoms with Crippen LogP contribution in [0.2, 0.25) is 17.1 Å². The molecule has 0 spiro atoms. The van der Waals surface area contributed by atoms with Crippen LogP contribution in [0.3, 0.4) is 0 Å². The van der Waals surface area contributed by atoms with Crippen LogP contribution in [-0.4, -0.2) is 8.80 Å². The van der Waals surface area contributed by atoms with E-state index >= 15 is 0 Å². The lowest BCUT2D eigenvalue weighted by Gasteiger charge is -2.36. The van der Waals surface area contributed by atoms with Crippen LogP contribution >= 0.6 is 0 Å². The summed E-state index contributed by atoms with van der Waals surface area (Å²) in [6.07, 6.45) is 17.3. The van der Waals surface area contributed by atoms with Crippen LogP contribution in [0.1, 0.15) is 77.6 Å². The monoisotopic (exact) mass is 238 g/mol. The summed E-state index contributed by atoms with van der Waals surface area (Å²) >= 11 is 0. The quantitative estimate of drug-likeness (QED) is 0.584. The average Bonchev–Trinajstić information content (AvgIpc) is 2.38. The van der Waals surface area contributed by atoms with Crippen LogP contribution in [0.4, 0.5) is 0 Å². The van der Waals surface area contributed by atoms with Crippen molar-refractivity contribution in [2.75, 3.05) is 0 Å². The predicted molar refractivity (Wildman–Crippen MR) is 75.9 cm³/mol. The van der Waals surface area contributed by atoms with Gasteiger partial charge in [0.15, 0.2) is 0 Å². The van der Waals surface area contributed by atoms with Gasteiger partial charge in [-0.05, 0) is 11.1 Å². The van der Waals surface area contributed by atoms with Crippen molar-refractivity contribution in [3.63, 3.8) is 0 Å². The topological polar surface area (TPSA) is 0 Å². The minimum atomic E-state index is -0.397. The first kappa shape index (κ1) is 12.7. The highest BCUT2D eigenvalue weighted by molar-refractivity contribution is 6.62. The Kier molecular flexibility index (Phi) is 5.41. The third-order valence-corrected chi connectivity index (χ3v) is 10.1. The van der Waals surface area contributed by atoms with E-state index in [0.29, 0.717) is 0 Å². The highest BCUT2D eigenvalue weighted by Gasteiger charge is 2.31. The molecular formula is C15H30Si. The minimum absolute atomic E-state index is 0.397. The first-order chi connectivity index (χ1) is 7.92. The van der Waals surface area contributed by atoms with Gasteiger partial charge in [0, 0.05) is 8.80 Å². The van der Waals surface area contributed by atoms with Gasteiger partial charge < -0.3 is 0 Å². The summed E-state index contributed by atoms with van der Waals surface area (Å²) in [5.41, 5.74) is 2.49. The molecule has 0 N–H and O–H groups in total. The largest absolute Gasteiger partial charge is 0.0657 e. The van der Waals surface area contributed by atoms with Gasteiger partial charge in [0.05, 0.1) is 0 Å². The maximum Gasteiger partial charge on any atom is 0.0430 e. The summed E-state index contributed by atoms with van der Waals surface area (Å²) in [6.45, 7) is 2.42. The molecular weight excluding hydrogens is 208 g/mol. The van der Waals surface area contributed by atoms with Gasteiger partial charge in [-0.15, -0.1) is 0 Å². The smallest absolute Gasteiger partial charge is 0.0430 e. The van der Waals surface area contributed by atoms with Gasteiger partial charge in [0.25, 0.3) is 0 Å². The molecule has 0 aromatic rings. The zero-order chi connectivity index (χ0) is 11.2. The molecule has 1 heteroatoms. The Hall–Kier alpha value is 0.217. The second-order valence-electron chi connectivity index (χ2n) is 6.25. The lowest BCUT2D eigenvalue weighted by Crippen LogP contribution is -2.29. The molecule has 0 nitrogen and oxygen atoms in total. The lowest BCUT2D eigenvalue weighted by atomic mass is 9.99.